The summed E-state index contributed by atoms with van der Waals surface area (Å²) in [6.07, 6.45) is 2.14. The van der Waals surface area contributed by atoms with Gasteiger partial charge in [0.1, 0.15) is 17.8 Å². The molecule has 0 atom stereocenters. The number of amides is 1. The fraction of sp³-hybridized carbons (Fsp3) is 0.150. The first-order valence-corrected chi connectivity index (χ1v) is 8.67. The first-order chi connectivity index (χ1) is 12.6. The number of carbonyl (C=O) groups is 1. The molecule has 6 heteroatoms. The summed E-state index contributed by atoms with van der Waals surface area (Å²) in [4.78, 5) is 20.5. The minimum absolute atomic E-state index is 0.228. The van der Waals surface area contributed by atoms with E-state index in [-0.39, 0.29) is 5.91 Å². The van der Waals surface area contributed by atoms with Crippen molar-refractivity contribution in [2.45, 2.75) is 13.3 Å². The highest BCUT2D eigenvalue weighted by atomic mass is 35.5. The minimum Gasteiger partial charge on any atom is -0.350 e. The molecule has 0 saturated heterocycles. The molecule has 1 heterocycles. The van der Waals surface area contributed by atoms with E-state index in [2.05, 4.69) is 20.6 Å². The lowest BCUT2D eigenvalue weighted by atomic mass is 10.1. The summed E-state index contributed by atoms with van der Waals surface area (Å²) >= 11 is 6.13. The Morgan fingerprint density at radius 2 is 1.88 bits per heavy atom. The lowest BCUT2D eigenvalue weighted by molar-refractivity contribution is 0.0949. The number of halogens is 1. The van der Waals surface area contributed by atoms with Crippen molar-refractivity contribution >= 4 is 29.0 Å². The smallest absolute Gasteiger partial charge is 0.270 e. The van der Waals surface area contributed by atoms with Crippen LogP contribution in [0.1, 0.15) is 21.6 Å². The zero-order valence-corrected chi connectivity index (χ0v) is 15.1. The molecule has 0 aliphatic rings. The van der Waals surface area contributed by atoms with Crippen LogP contribution in [0, 0.1) is 6.92 Å². The van der Waals surface area contributed by atoms with E-state index in [4.69, 9.17) is 11.6 Å². The maximum Gasteiger partial charge on any atom is 0.270 e. The molecule has 2 N–H and O–H groups in total. The van der Waals surface area contributed by atoms with Crippen molar-refractivity contribution < 1.29 is 4.79 Å². The van der Waals surface area contributed by atoms with E-state index in [0.29, 0.717) is 23.1 Å². The number of hydrogen-bond acceptors (Lipinski definition) is 4. The van der Waals surface area contributed by atoms with Gasteiger partial charge in [-0.2, -0.15) is 0 Å². The molecule has 0 aliphatic heterocycles. The average Bonchev–Trinajstić information content (AvgIpc) is 2.66. The van der Waals surface area contributed by atoms with Crippen molar-refractivity contribution in [3.8, 4) is 0 Å². The Kier molecular flexibility index (Phi) is 5.81. The van der Waals surface area contributed by atoms with Gasteiger partial charge in [-0.25, -0.2) is 9.97 Å². The summed E-state index contributed by atoms with van der Waals surface area (Å²) in [5, 5.41) is 6.72. The van der Waals surface area contributed by atoms with Crippen LogP contribution in [0.2, 0.25) is 5.02 Å². The molecular formula is C20H19ClN4O. The quantitative estimate of drug-likeness (QED) is 0.687. The van der Waals surface area contributed by atoms with Gasteiger partial charge >= 0.3 is 0 Å². The normalized spacial score (nSPS) is 10.4. The molecule has 0 saturated carbocycles. The molecule has 0 radical (unpaired) electrons. The van der Waals surface area contributed by atoms with E-state index in [1.165, 1.54) is 11.9 Å². The predicted octanol–water partition coefficient (Wildman–Crippen LogP) is 4.15. The summed E-state index contributed by atoms with van der Waals surface area (Å²) in [5.74, 6) is 0.313. The number of anilines is 2. The minimum atomic E-state index is -0.228. The van der Waals surface area contributed by atoms with Gasteiger partial charge in [0.25, 0.3) is 5.91 Å². The largest absolute Gasteiger partial charge is 0.350 e. The Bertz CT molecular complexity index is 899. The third kappa shape index (κ3) is 4.58. The molecule has 5 nitrogen and oxygen atoms in total. The zero-order chi connectivity index (χ0) is 18.4. The zero-order valence-electron chi connectivity index (χ0n) is 14.4. The Morgan fingerprint density at radius 1 is 1.08 bits per heavy atom. The van der Waals surface area contributed by atoms with Gasteiger partial charge in [0.05, 0.1) is 0 Å². The van der Waals surface area contributed by atoms with Gasteiger partial charge < -0.3 is 10.6 Å². The number of hydrogen-bond donors (Lipinski definition) is 2. The maximum atomic E-state index is 12.3. The third-order valence-electron chi connectivity index (χ3n) is 3.97. The van der Waals surface area contributed by atoms with Gasteiger partial charge in [0.2, 0.25) is 0 Å². The summed E-state index contributed by atoms with van der Waals surface area (Å²) in [7, 11) is 0. The van der Waals surface area contributed by atoms with Crippen LogP contribution in [0.3, 0.4) is 0 Å². The Morgan fingerprint density at radius 3 is 2.69 bits per heavy atom. The summed E-state index contributed by atoms with van der Waals surface area (Å²) in [6.45, 7) is 2.46. The molecule has 0 fully saturated rings. The first kappa shape index (κ1) is 17.9. The van der Waals surface area contributed by atoms with Crippen LogP contribution in [-0.2, 0) is 6.42 Å². The number of aromatic nitrogens is 2. The second-order valence-corrected chi connectivity index (χ2v) is 6.22. The standard InChI is InChI=1S/C20H19ClN4O/c1-14-16(21)8-5-9-17(14)25-19-12-18(23-13-24-19)20(26)22-11-10-15-6-3-2-4-7-15/h2-9,12-13H,10-11H2,1H3,(H,22,26)(H,23,24,25). The van der Waals surface area contributed by atoms with E-state index >= 15 is 0 Å². The molecule has 3 rings (SSSR count). The molecule has 26 heavy (non-hydrogen) atoms. The number of nitrogens with zero attached hydrogens (tertiary/aromatic N) is 2. The van der Waals surface area contributed by atoms with Crippen molar-refractivity contribution in [3.63, 3.8) is 0 Å². The molecule has 0 aliphatic carbocycles. The molecule has 3 aromatic rings. The van der Waals surface area contributed by atoms with Gasteiger partial charge in [-0.1, -0.05) is 48.0 Å². The SMILES string of the molecule is Cc1c(Cl)cccc1Nc1cc(C(=O)NCCc2ccccc2)ncn1. The van der Waals surface area contributed by atoms with Crippen LogP contribution in [0.5, 0.6) is 0 Å². The fourth-order valence-corrected chi connectivity index (χ4v) is 2.66. The van der Waals surface area contributed by atoms with Crippen LogP contribution in [0.25, 0.3) is 0 Å². The highest BCUT2D eigenvalue weighted by Crippen LogP contribution is 2.25. The number of carbonyl (C=O) groups excluding carboxylic acids is 1. The van der Waals surface area contributed by atoms with Crippen molar-refractivity contribution in [2.24, 2.45) is 0 Å². The molecule has 0 unspecified atom stereocenters. The van der Waals surface area contributed by atoms with Gasteiger partial charge in [0.15, 0.2) is 0 Å². The van der Waals surface area contributed by atoms with Crippen LogP contribution in [0.4, 0.5) is 11.5 Å². The van der Waals surface area contributed by atoms with Gasteiger partial charge in [-0.05, 0) is 36.6 Å². The highest BCUT2D eigenvalue weighted by molar-refractivity contribution is 6.31. The van der Waals surface area contributed by atoms with E-state index in [1.807, 2.05) is 55.5 Å². The summed E-state index contributed by atoms with van der Waals surface area (Å²) in [6, 6.07) is 17.2. The van der Waals surface area contributed by atoms with Gasteiger partial charge in [0, 0.05) is 23.3 Å². The fourth-order valence-electron chi connectivity index (χ4n) is 2.49. The Hall–Kier alpha value is -2.92. The third-order valence-corrected chi connectivity index (χ3v) is 4.38. The van der Waals surface area contributed by atoms with Crippen molar-refractivity contribution in [3.05, 3.63) is 82.8 Å². The Balaban J connectivity index is 1.63. The molecule has 2 aromatic carbocycles. The molecule has 1 aromatic heterocycles. The predicted molar refractivity (Wildman–Crippen MR) is 104 cm³/mol. The van der Waals surface area contributed by atoms with Crippen LogP contribution in [-0.4, -0.2) is 22.4 Å². The molecule has 0 spiro atoms. The second kappa shape index (κ2) is 8.45. The number of rotatable bonds is 6. The molecule has 132 valence electrons. The lowest BCUT2D eigenvalue weighted by Gasteiger charge is -2.10. The lowest BCUT2D eigenvalue weighted by Crippen LogP contribution is -2.26. The van der Waals surface area contributed by atoms with Gasteiger partial charge in [-0.15, -0.1) is 0 Å². The van der Waals surface area contributed by atoms with E-state index < -0.39 is 0 Å². The number of benzene rings is 2. The first-order valence-electron chi connectivity index (χ1n) is 8.30. The highest BCUT2D eigenvalue weighted by Gasteiger charge is 2.09. The topological polar surface area (TPSA) is 66.9 Å². The van der Waals surface area contributed by atoms with Crippen LogP contribution in [0.15, 0.2) is 60.9 Å². The van der Waals surface area contributed by atoms with Crippen molar-refractivity contribution in [1.82, 2.24) is 15.3 Å². The van der Waals surface area contributed by atoms with Crippen LogP contribution >= 0.6 is 11.6 Å². The molecule has 1 amide bonds. The molecule has 0 bridgehead atoms. The van der Waals surface area contributed by atoms with Crippen molar-refractivity contribution in [1.29, 1.82) is 0 Å². The monoisotopic (exact) mass is 366 g/mol. The van der Waals surface area contributed by atoms with Crippen molar-refractivity contribution in [2.75, 3.05) is 11.9 Å². The average molecular weight is 367 g/mol. The maximum absolute atomic E-state index is 12.3. The van der Waals surface area contributed by atoms with Crippen LogP contribution < -0.4 is 10.6 Å². The van der Waals surface area contributed by atoms with E-state index in [0.717, 1.165) is 17.7 Å². The van der Waals surface area contributed by atoms with E-state index in [1.54, 1.807) is 6.07 Å². The van der Waals surface area contributed by atoms with E-state index in [9.17, 15) is 4.79 Å². The second-order valence-electron chi connectivity index (χ2n) is 5.82. The Labute approximate surface area is 157 Å². The summed E-state index contributed by atoms with van der Waals surface area (Å²) in [5.41, 5.74) is 3.25. The number of nitrogens with one attached hydrogen (secondary N) is 2. The summed E-state index contributed by atoms with van der Waals surface area (Å²) < 4.78 is 0. The molecular weight excluding hydrogens is 348 g/mol. The van der Waals surface area contributed by atoms with Gasteiger partial charge in [-0.3, -0.25) is 4.79 Å².